The molecule has 1 atom stereocenters. The molecule has 1 aromatic heterocycles. The first-order chi connectivity index (χ1) is 8.63. The van der Waals surface area contributed by atoms with Gasteiger partial charge in [-0.2, -0.15) is 0 Å². The smallest absolute Gasteiger partial charge is 0.343 e. The predicted octanol–water partition coefficient (Wildman–Crippen LogP) is 0.682. The fourth-order valence-corrected chi connectivity index (χ4v) is 2.18. The van der Waals surface area contributed by atoms with Crippen LogP contribution >= 0.6 is 0 Å². The van der Waals surface area contributed by atoms with Crippen molar-refractivity contribution >= 4 is 5.97 Å². The number of aromatic amines is 1. The topological polar surface area (TPSA) is 91.4 Å². The molecule has 0 bridgehead atoms. The minimum absolute atomic E-state index is 0.0517. The first kappa shape index (κ1) is 12.6. The summed E-state index contributed by atoms with van der Waals surface area (Å²) in [5.41, 5.74) is 0.0380. The molecule has 0 saturated carbocycles. The monoisotopic (exact) mass is 252 g/mol. The molecule has 1 aliphatic rings. The van der Waals surface area contributed by atoms with Gasteiger partial charge < -0.3 is 20.1 Å². The van der Waals surface area contributed by atoms with E-state index in [1.54, 1.807) is 6.92 Å². The summed E-state index contributed by atoms with van der Waals surface area (Å²) < 4.78 is 4.90. The third kappa shape index (κ3) is 2.38. The SMILES string of the molecule is CCOC(=O)c1c(O)cc(=O)[nH]c1C1CCCN1. The first-order valence-corrected chi connectivity index (χ1v) is 6.00. The molecule has 0 aromatic carbocycles. The Hall–Kier alpha value is -1.82. The van der Waals surface area contributed by atoms with Crippen LogP contribution in [0.15, 0.2) is 10.9 Å². The normalized spacial score (nSPS) is 18.8. The van der Waals surface area contributed by atoms with Gasteiger partial charge >= 0.3 is 5.97 Å². The van der Waals surface area contributed by atoms with E-state index in [1.807, 2.05) is 0 Å². The zero-order chi connectivity index (χ0) is 13.1. The zero-order valence-corrected chi connectivity index (χ0v) is 10.2. The third-order valence-electron chi connectivity index (χ3n) is 2.94. The Morgan fingerprint density at radius 2 is 2.39 bits per heavy atom. The summed E-state index contributed by atoms with van der Waals surface area (Å²) in [6.45, 7) is 2.73. The molecule has 0 amide bonds. The fraction of sp³-hybridized carbons (Fsp3) is 0.500. The van der Waals surface area contributed by atoms with E-state index in [0.29, 0.717) is 5.69 Å². The number of carbonyl (C=O) groups excluding carboxylic acids is 1. The molecular weight excluding hydrogens is 236 g/mol. The van der Waals surface area contributed by atoms with Crippen molar-refractivity contribution in [2.45, 2.75) is 25.8 Å². The van der Waals surface area contributed by atoms with Crippen LogP contribution in [0.25, 0.3) is 0 Å². The average Bonchev–Trinajstić information content (AvgIpc) is 2.81. The Balaban J connectivity index is 2.47. The van der Waals surface area contributed by atoms with Crippen molar-refractivity contribution in [1.82, 2.24) is 10.3 Å². The quantitative estimate of drug-likeness (QED) is 0.688. The average molecular weight is 252 g/mol. The van der Waals surface area contributed by atoms with Crippen molar-refractivity contribution < 1.29 is 14.6 Å². The van der Waals surface area contributed by atoms with Gasteiger partial charge in [-0.15, -0.1) is 0 Å². The van der Waals surface area contributed by atoms with Crippen LogP contribution < -0.4 is 10.9 Å². The van der Waals surface area contributed by atoms with Crippen LogP contribution in [0.4, 0.5) is 0 Å². The summed E-state index contributed by atoms with van der Waals surface area (Å²) in [5.74, 6) is -0.948. The van der Waals surface area contributed by atoms with E-state index < -0.39 is 11.5 Å². The Bertz CT molecular complexity index is 503. The summed E-state index contributed by atoms with van der Waals surface area (Å²) in [7, 11) is 0. The van der Waals surface area contributed by atoms with Gasteiger partial charge in [0.1, 0.15) is 11.3 Å². The van der Waals surface area contributed by atoms with Crippen molar-refractivity contribution in [2.75, 3.05) is 13.2 Å². The van der Waals surface area contributed by atoms with Crippen molar-refractivity contribution in [3.63, 3.8) is 0 Å². The summed E-state index contributed by atoms with van der Waals surface area (Å²) in [6, 6.07) is 0.870. The molecule has 0 aliphatic carbocycles. The number of H-pyrrole nitrogens is 1. The molecular formula is C12H16N2O4. The number of esters is 1. The Kier molecular flexibility index (Phi) is 3.66. The third-order valence-corrected chi connectivity index (χ3v) is 2.94. The lowest BCUT2D eigenvalue weighted by Crippen LogP contribution is -2.23. The molecule has 3 N–H and O–H groups in total. The Morgan fingerprint density at radius 1 is 1.61 bits per heavy atom. The van der Waals surface area contributed by atoms with E-state index in [-0.39, 0.29) is 24.0 Å². The Labute approximate surface area is 104 Å². The van der Waals surface area contributed by atoms with Gasteiger partial charge in [0.05, 0.1) is 12.3 Å². The van der Waals surface area contributed by atoms with Crippen LogP contribution in [0.3, 0.4) is 0 Å². The van der Waals surface area contributed by atoms with Gasteiger partial charge in [0, 0.05) is 12.1 Å². The number of nitrogens with one attached hydrogen (secondary N) is 2. The van der Waals surface area contributed by atoms with Crippen LogP contribution in [-0.4, -0.2) is 29.2 Å². The van der Waals surface area contributed by atoms with Gasteiger partial charge in [0.25, 0.3) is 5.56 Å². The van der Waals surface area contributed by atoms with E-state index in [0.717, 1.165) is 25.5 Å². The number of carbonyl (C=O) groups is 1. The highest BCUT2D eigenvalue weighted by molar-refractivity contribution is 5.93. The van der Waals surface area contributed by atoms with Gasteiger partial charge in [-0.3, -0.25) is 4.79 Å². The second-order valence-corrected chi connectivity index (χ2v) is 4.18. The first-order valence-electron chi connectivity index (χ1n) is 6.00. The second kappa shape index (κ2) is 5.22. The highest BCUT2D eigenvalue weighted by atomic mass is 16.5. The maximum atomic E-state index is 11.8. The molecule has 1 aromatic rings. The van der Waals surface area contributed by atoms with E-state index in [2.05, 4.69) is 10.3 Å². The van der Waals surface area contributed by atoms with Crippen LogP contribution in [0.1, 0.15) is 41.9 Å². The van der Waals surface area contributed by atoms with Gasteiger partial charge in [0.2, 0.25) is 0 Å². The standard InChI is InChI=1S/C12H16N2O4/c1-2-18-12(17)10-8(15)6-9(16)14-11(10)7-4-3-5-13-7/h6-7,13H,2-5H2,1H3,(H2,14,15,16). The number of aromatic hydroxyl groups is 1. The lowest BCUT2D eigenvalue weighted by Gasteiger charge is -2.15. The maximum absolute atomic E-state index is 11.8. The second-order valence-electron chi connectivity index (χ2n) is 4.18. The largest absolute Gasteiger partial charge is 0.507 e. The summed E-state index contributed by atoms with van der Waals surface area (Å²) >= 11 is 0. The summed E-state index contributed by atoms with van der Waals surface area (Å²) in [4.78, 5) is 25.8. The number of pyridine rings is 1. The van der Waals surface area contributed by atoms with Gasteiger partial charge in [-0.05, 0) is 26.3 Å². The van der Waals surface area contributed by atoms with Crippen LogP contribution in [0.5, 0.6) is 5.75 Å². The van der Waals surface area contributed by atoms with Crippen molar-refractivity contribution in [1.29, 1.82) is 0 Å². The minimum atomic E-state index is -0.616. The van der Waals surface area contributed by atoms with Crippen molar-refractivity contribution in [3.8, 4) is 5.75 Å². The van der Waals surface area contributed by atoms with Crippen molar-refractivity contribution in [2.24, 2.45) is 0 Å². The molecule has 6 nitrogen and oxygen atoms in total. The summed E-state index contributed by atoms with van der Waals surface area (Å²) in [5, 5.41) is 13.0. The highest BCUT2D eigenvalue weighted by Gasteiger charge is 2.26. The van der Waals surface area contributed by atoms with Gasteiger partial charge in [-0.25, -0.2) is 4.79 Å². The maximum Gasteiger partial charge on any atom is 0.343 e. The zero-order valence-electron chi connectivity index (χ0n) is 10.2. The molecule has 1 saturated heterocycles. The molecule has 2 heterocycles. The molecule has 0 radical (unpaired) electrons. The van der Waals surface area contributed by atoms with E-state index in [4.69, 9.17) is 4.74 Å². The molecule has 1 aliphatic heterocycles. The molecule has 98 valence electrons. The molecule has 18 heavy (non-hydrogen) atoms. The van der Waals surface area contributed by atoms with Crippen LogP contribution in [0, 0.1) is 0 Å². The number of aromatic nitrogens is 1. The predicted molar refractivity (Wildman–Crippen MR) is 64.7 cm³/mol. The van der Waals surface area contributed by atoms with Crippen molar-refractivity contribution in [3.05, 3.63) is 27.7 Å². The highest BCUT2D eigenvalue weighted by Crippen LogP contribution is 2.28. The van der Waals surface area contributed by atoms with E-state index in [1.165, 1.54) is 0 Å². The van der Waals surface area contributed by atoms with E-state index >= 15 is 0 Å². The van der Waals surface area contributed by atoms with E-state index in [9.17, 15) is 14.7 Å². The number of hydrogen-bond donors (Lipinski definition) is 3. The van der Waals surface area contributed by atoms with Gasteiger partial charge in [-0.1, -0.05) is 0 Å². The number of ether oxygens (including phenoxy) is 1. The lowest BCUT2D eigenvalue weighted by molar-refractivity contribution is 0.0520. The van der Waals surface area contributed by atoms with Crippen LogP contribution in [0.2, 0.25) is 0 Å². The van der Waals surface area contributed by atoms with Gasteiger partial charge in [0.15, 0.2) is 0 Å². The van der Waals surface area contributed by atoms with Crippen LogP contribution in [-0.2, 0) is 4.74 Å². The number of hydrogen-bond acceptors (Lipinski definition) is 5. The fourth-order valence-electron chi connectivity index (χ4n) is 2.18. The molecule has 1 unspecified atom stereocenters. The molecule has 2 rings (SSSR count). The lowest BCUT2D eigenvalue weighted by atomic mass is 10.0. The summed E-state index contributed by atoms with van der Waals surface area (Å²) in [6.07, 6.45) is 1.77. The molecule has 1 fully saturated rings. The minimum Gasteiger partial charge on any atom is -0.507 e. The number of rotatable bonds is 3. The Morgan fingerprint density at radius 3 is 3.00 bits per heavy atom. The molecule has 0 spiro atoms. The molecule has 6 heteroatoms.